The zero-order chi connectivity index (χ0) is 14.3. The number of aliphatic imine (C=N–C) groups is 2. The van der Waals surface area contributed by atoms with Gasteiger partial charge in [0.2, 0.25) is 0 Å². The Labute approximate surface area is 122 Å². The summed E-state index contributed by atoms with van der Waals surface area (Å²) in [5.41, 5.74) is 1.73. The number of hydrogen-bond acceptors (Lipinski definition) is 4. The SMILES string of the molecule is C(=Nc1ccccc1)c1n[nH]c(C=Nc2ccccc2)n1. The summed E-state index contributed by atoms with van der Waals surface area (Å²) in [6, 6.07) is 19.3. The Balaban J connectivity index is 1.69. The van der Waals surface area contributed by atoms with Crippen molar-refractivity contribution in [2.24, 2.45) is 9.98 Å². The molecule has 0 fully saturated rings. The lowest BCUT2D eigenvalue weighted by molar-refractivity contribution is 1.07. The number of aromatic amines is 1. The van der Waals surface area contributed by atoms with Crippen molar-refractivity contribution in [2.45, 2.75) is 0 Å². The molecule has 5 nitrogen and oxygen atoms in total. The highest BCUT2D eigenvalue weighted by Gasteiger charge is 1.97. The zero-order valence-electron chi connectivity index (χ0n) is 11.2. The minimum atomic E-state index is 0.522. The van der Waals surface area contributed by atoms with E-state index in [4.69, 9.17) is 0 Å². The van der Waals surface area contributed by atoms with E-state index >= 15 is 0 Å². The van der Waals surface area contributed by atoms with E-state index in [1.807, 2.05) is 60.7 Å². The van der Waals surface area contributed by atoms with Crippen LogP contribution in [0, 0.1) is 0 Å². The lowest BCUT2D eigenvalue weighted by Gasteiger charge is -1.89. The summed E-state index contributed by atoms with van der Waals surface area (Å²) < 4.78 is 0. The quantitative estimate of drug-likeness (QED) is 0.742. The van der Waals surface area contributed by atoms with E-state index in [1.54, 1.807) is 12.4 Å². The van der Waals surface area contributed by atoms with Crippen molar-refractivity contribution >= 4 is 23.8 Å². The van der Waals surface area contributed by atoms with Gasteiger partial charge in [0.25, 0.3) is 0 Å². The molecule has 0 aliphatic heterocycles. The van der Waals surface area contributed by atoms with E-state index < -0.39 is 0 Å². The average Bonchev–Trinajstić information content (AvgIpc) is 3.01. The van der Waals surface area contributed by atoms with E-state index in [-0.39, 0.29) is 0 Å². The Kier molecular flexibility index (Phi) is 3.93. The summed E-state index contributed by atoms with van der Waals surface area (Å²) in [7, 11) is 0. The van der Waals surface area contributed by atoms with Crippen molar-refractivity contribution in [1.82, 2.24) is 15.2 Å². The highest BCUT2D eigenvalue weighted by Crippen LogP contribution is 2.10. The van der Waals surface area contributed by atoms with Crippen molar-refractivity contribution in [3.05, 3.63) is 72.3 Å². The molecule has 0 amide bonds. The summed E-state index contributed by atoms with van der Waals surface area (Å²) in [5, 5.41) is 6.88. The van der Waals surface area contributed by atoms with Crippen LogP contribution >= 0.6 is 0 Å². The van der Waals surface area contributed by atoms with Crippen LogP contribution in [-0.2, 0) is 0 Å². The number of H-pyrrole nitrogens is 1. The largest absolute Gasteiger partial charge is 0.258 e. The van der Waals surface area contributed by atoms with Gasteiger partial charge in [0.1, 0.15) is 0 Å². The monoisotopic (exact) mass is 275 g/mol. The van der Waals surface area contributed by atoms with E-state index in [0.717, 1.165) is 11.4 Å². The van der Waals surface area contributed by atoms with Gasteiger partial charge in [-0.3, -0.25) is 15.1 Å². The molecule has 1 N–H and O–H groups in total. The smallest absolute Gasteiger partial charge is 0.192 e. The molecule has 102 valence electrons. The third kappa shape index (κ3) is 3.70. The van der Waals surface area contributed by atoms with Gasteiger partial charge in [-0.1, -0.05) is 36.4 Å². The number of nitrogens with one attached hydrogen (secondary N) is 1. The molecule has 1 aromatic heterocycles. The summed E-state index contributed by atoms with van der Waals surface area (Å²) in [6.07, 6.45) is 3.26. The maximum atomic E-state index is 4.30. The number of rotatable bonds is 4. The number of hydrogen-bond donors (Lipinski definition) is 1. The molecular weight excluding hydrogens is 262 g/mol. The van der Waals surface area contributed by atoms with E-state index in [9.17, 15) is 0 Å². The van der Waals surface area contributed by atoms with Crippen LogP contribution in [0.15, 0.2) is 70.6 Å². The van der Waals surface area contributed by atoms with Gasteiger partial charge in [-0.2, -0.15) is 5.10 Å². The normalized spacial score (nSPS) is 11.4. The van der Waals surface area contributed by atoms with Gasteiger partial charge in [0, 0.05) is 0 Å². The molecule has 0 radical (unpaired) electrons. The molecule has 2 aromatic carbocycles. The molecule has 21 heavy (non-hydrogen) atoms. The molecule has 0 aliphatic rings. The Morgan fingerprint density at radius 1 is 0.762 bits per heavy atom. The van der Waals surface area contributed by atoms with Crippen LogP contribution in [0.25, 0.3) is 0 Å². The maximum absolute atomic E-state index is 4.30. The lowest BCUT2D eigenvalue weighted by Crippen LogP contribution is -1.85. The van der Waals surface area contributed by atoms with Gasteiger partial charge in [-0.05, 0) is 24.3 Å². The molecule has 0 saturated carbocycles. The standard InChI is InChI=1S/C16H13N5/c1-3-7-13(8-4-1)17-11-15-19-16(21-20-15)12-18-14-9-5-2-6-10-14/h1-12H,(H,19,20,21). The highest BCUT2D eigenvalue weighted by atomic mass is 15.2. The fraction of sp³-hybridized carbons (Fsp3) is 0. The first kappa shape index (κ1) is 12.9. The molecule has 3 aromatic rings. The Morgan fingerprint density at radius 2 is 1.33 bits per heavy atom. The van der Waals surface area contributed by atoms with E-state index in [2.05, 4.69) is 25.2 Å². The summed E-state index contributed by atoms with van der Waals surface area (Å²) in [4.78, 5) is 12.9. The average molecular weight is 275 g/mol. The summed E-state index contributed by atoms with van der Waals surface area (Å²) in [6.45, 7) is 0. The van der Waals surface area contributed by atoms with Gasteiger partial charge in [0.15, 0.2) is 11.6 Å². The topological polar surface area (TPSA) is 66.3 Å². The molecule has 5 heteroatoms. The lowest BCUT2D eigenvalue weighted by atomic mass is 10.3. The van der Waals surface area contributed by atoms with Gasteiger partial charge < -0.3 is 0 Å². The first-order chi connectivity index (χ1) is 10.4. The second-order valence-electron chi connectivity index (χ2n) is 4.27. The molecule has 0 aliphatic carbocycles. The zero-order valence-corrected chi connectivity index (χ0v) is 11.2. The van der Waals surface area contributed by atoms with Gasteiger partial charge in [0.05, 0.1) is 23.8 Å². The van der Waals surface area contributed by atoms with Crippen LogP contribution in [0.4, 0.5) is 11.4 Å². The Morgan fingerprint density at radius 3 is 1.95 bits per heavy atom. The van der Waals surface area contributed by atoms with E-state index in [1.165, 1.54) is 0 Å². The molecule has 0 spiro atoms. The van der Waals surface area contributed by atoms with Crippen LogP contribution < -0.4 is 0 Å². The minimum Gasteiger partial charge on any atom is -0.258 e. The fourth-order valence-electron chi connectivity index (χ4n) is 1.70. The molecular formula is C16H13N5. The Hall–Kier alpha value is -3.08. The summed E-state index contributed by atoms with van der Waals surface area (Å²) >= 11 is 0. The third-order valence-electron chi connectivity index (χ3n) is 2.70. The molecule has 1 heterocycles. The van der Waals surface area contributed by atoms with Gasteiger partial charge >= 0.3 is 0 Å². The van der Waals surface area contributed by atoms with Crippen LogP contribution in [-0.4, -0.2) is 27.6 Å². The highest BCUT2D eigenvalue weighted by molar-refractivity contribution is 5.81. The number of aromatic nitrogens is 3. The van der Waals surface area contributed by atoms with Crippen molar-refractivity contribution < 1.29 is 0 Å². The van der Waals surface area contributed by atoms with E-state index in [0.29, 0.717) is 11.6 Å². The van der Waals surface area contributed by atoms with Gasteiger partial charge in [-0.15, -0.1) is 0 Å². The second kappa shape index (κ2) is 6.38. The molecule has 0 saturated heterocycles. The van der Waals surface area contributed by atoms with Crippen LogP contribution in [0.1, 0.15) is 11.6 Å². The van der Waals surface area contributed by atoms with Crippen molar-refractivity contribution in [3.63, 3.8) is 0 Å². The van der Waals surface area contributed by atoms with Crippen LogP contribution in [0.3, 0.4) is 0 Å². The predicted octanol–water partition coefficient (Wildman–Crippen LogP) is 3.31. The minimum absolute atomic E-state index is 0.522. The van der Waals surface area contributed by atoms with Gasteiger partial charge in [-0.25, -0.2) is 4.98 Å². The molecule has 0 unspecified atom stereocenters. The fourth-order valence-corrected chi connectivity index (χ4v) is 1.70. The van der Waals surface area contributed by atoms with Crippen molar-refractivity contribution in [3.8, 4) is 0 Å². The van der Waals surface area contributed by atoms with Crippen molar-refractivity contribution in [1.29, 1.82) is 0 Å². The molecule has 3 rings (SSSR count). The molecule has 0 atom stereocenters. The number of para-hydroxylation sites is 2. The first-order valence-corrected chi connectivity index (χ1v) is 6.51. The maximum Gasteiger partial charge on any atom is 0.192 e. The number of benzene rings is 2. The predicted molar refractivity (Wildman–Crippen MR) is 83.8 cm³/mol. The first-order valence-electron chi connectivity index (χ1n) is 6.51. The third-order valence-corrected chi connectivity index (χ3v) is 2.70. The summed E-state index contributed by atoms with van der Waals surface area (Å²) in [5.74, 6) is 1.11. The van der Waals surface area contributed by atoms with Crippen LogP contribution in [0.5, 0.6) is 0 Å². The second-order valence-corrected chi connectivity index (χ2v) is 4.27. The molecule has 0 bridgehead atoms. The van der Waals surface area contributed by atoms with Crippen LogP contribution in [0.2, 0.25) is 0 Å². The van der Waals surface area contributed by atoms with Crippen molar-refractivity contribution in [2.75, 3.05) is 0 Å². The number of nitrogens with zero attached hydrogens (tertiary/aromatic N) is 4. The Bertz CT molecular complexity index is 681.